The molecule has 2 nitrogen and oxygen atoms in total. The average molecular weight is 357 g/mol. The van der Waals surface area contributed by atoms with Crippen molar-refractivity contribution in [3.8, 4) is 5.75 Å². The lowest BCUT2D eigenvalue weighted by molar-refractivity contribution is 0.106. The first-order valence-electron chi connectivity index (χ1n) is 6.56. The Morgan fingerprint density at radius 3 is 2.52 bits per heavy atom. The van der Waals surface area contributed by atoms with E-state index in [1.165, 1.54) is 6.07 Å². The minimum absolute atomic E-state index is 0.0927. The summed E-state index contributed by atoms with van der Waals surface area (Å²) in [6.45, 7) is 1.29. The summed E-state index contributed by atoms with van der Waals surface area (Å²) in [5.74, 6) is -1.99. The van der Waals surface area contributed by atoms with Crippen LogP contribution in [0.25, 0.3) is 0 Å². The SMILES string of the molecule is Fc1cc(Br)cc(OCCCOCc2ccccc2)c1F. The van der Waals surface area contributed by atoms with Gasteiger partial charge >= 0.3 is 0 Å². The van der Waals surface area contributed by atoms with Gasteiger partial charge in [-0.3, -0.25) is 0 Å². The summed E-state index contributed by atoms with van der Waals surface area (Å²) in [5.41, 5.74) is 1.10. The Morgan fingerprint density at radius 1 is 1.00 bits per heavy atom. The van der Waals surface area contributed by atoms with Gasteiger partial charge in [-0.1, -0.05) is 46.3 Å². The molecule has 2 aromatic carbocycles. The van der Waals surface area contributed by atoms with Gasteiger partial charge < -0.3 is 9.47 Å². The summed E-state index contributed by atoms with van der Waals surface area (Å²) < 4.78 is 37.7. The monoisotopic (exact) mass is 356 g/mol. The van der Waals surface area contributed by atoms with Crippen molar-refractivity contribution in [3.63, 3.8) is 0 Å². The summed E-state index contributed by atoms with van der Waals surface area (Å²) in [5, 5.41) is 0. The van der Waals surface area contributed by atoms with Gasteiger partial charge in [0.05, 0.1) is 19.8 Å². The predicted molar refractivity (Wildman–Crippen MR) is 80.3 cm³/mol. The fraction of sp³-hybridized carbons (Fsp3) is 0.250. The van der Waals surface area contributed by atoms with Crippen molar-refractivity contribution < 1.29 is 18.3 Å². The highest BCUT2D eigenvalue weighted by molar-refractivity contribution is 9.10. The van der Waals surface area contributed by atoms with Crippen LogP contribution in [0.1, 0.15) is 12.0 Å². The largest absolute Gasteiger partial charge is 0.490 e. The number of hydrogen-bond acceptors (Lipinski definition) is 2. The molecule has 0 saturated heterocycles. The summed E-state index contributed by atoms with van der Waals surface area (Å²) >= 11 is 3.10. The maximum Gasteiger partial charge on any atom is 0.200 e. The Morgan fingerprint density at radius 2 is 1.76 bits per heavy atom. The van der Waals surface area contributed by atoms with Crippen LogP contribution >= 0.6 is 15.9 Å². The topological polar surface area (TPSA) is 18.5 Å². The first-order chi connectivity index (χ1) is 10.2. The van der Waals surface area contributed by atoms with Crippen LogP contribution in [0.15, 0.2) is 46.9 Å². The Labute approximate surface area is 130 Å². The highest BCUT2D eigenvalue weighted by atomic mass is 79.9. The van der Waals surface area contributed by atoms with Crippen LogP contribution in [0.3, 0.4) is 0 Å². The zero-order valence-corrected chi connectivity index (χ0v) is 12.9. The molecule has 112 valence electrons. The smallest absolute Gasteiger partial charge is 0.200 e. The van der Waals surface area contributed by atoms with Crippen LogP contribution in [0, 0.1) is 11.6 Å². The van der Waals surface area contributed by atoms with Gasteiger partial charge in [0.1, 0.15) is 0 Å². The van der Waals surface area contributed by atoms with E-state index in [1.807, 2.05) is 30.3 Å². The van der Waals surface area contributed by atoms with E-state index >= 15 is 0 Å². The van der Waals surface area contributed by atoms with E-state index < -0.39 is 11.6 Å². The van der Waals surface area contributed by atoms with Crippen LogP contribution in [0.5, 0.6) is 5.75 Å². The molecule has 2 aromatic rings. The third-order valence-electron chi connectivity index (χ3n) is 2.76. The molecule has 0 aliphatic rings. The average Bonchev–Trinajstić information content (AvgIpc) is 2.48. The van der Waals surface area contributed by atoms with Crippen molar-refractivity contribution in [2.75, 3.05) is 13.2 Å². The molecule has 0 atom stereocenters. The zero-order valence-electron chi connectivity index (χ0n) is 11.3. The molecule has 0 radical (unpaired) electrons. The van der Waals surface area contributed by atoms with E-state index in [2.05, 4.69) is 15.9 Å². The second-order valence-electron chi connectivity index (χ2n) is 4.44. The fourth-order valence-electron chi connectivity index (χ4n) is 1.74. The molecule has 0 aliphatic carbocycles. The van der Waals surface area contributed by atoms with Crippen LogP contribution < -0.4 is 4.74 Å². The predicted octanol–water partition coefficient (Wildman–Crippen LogP) is 4.71. The van der Waals surface area contributed by atoms with E-state index in [0.29, 0.717) is 24.1 Å². The molecular formula is C16H15BrF2O2. The quantitative estimate of drug-likeness (QED) is 0.528. The van der Waals surface area contributed by atoms with E-state index in [1.54, 1.807) is 0 Å². The molecule has 0 fully saturated rings. The minimum atomic E-state index is -0.969. The van der Waals surface area contributed by atoms with Crippen LogP contribution in [0.2, 0.25) is 0 Å². The lowest BCUT2D eigenvalue weighted by atomic mass is 10.2. The van der Waals surface area contributed by atoms with Gasteiger partial charge in [-0.05, 0) is 17.7 Å². The second-order valence-corrected chi connectivity index (χ2v) is 5.36. The maximum absolute atomic E-state index is 13.4. The highest BCUT2D eigenvalue weighted by Gasteiger charge is 2.10. The second kappa shape index (κ2) is 8.10. The van der Waals surface area contributed by atoms with Crippen LogP contribution in [-0.4, -0.2) is 13.2 Å². The molecule has 5 heteroatoms. The molecule has 21 heavy (non-hydrogen) atoms. The van der Waals surface area contributed by atoms with Crippen molar-refractivity contribution in [1.29, 1.82) is 0 Å². The standard InChI is InChI=1S/C16H15BrF2O2/c17-13-9-14(18)16(19)15(10-13)21-8-4-7-20-11-12-5-2-1-3-6-12/h1-3,5-6,9-10H,4,7-8,11H2. The fourth-order valence-corrected chi connectivity index (χ4v) is 2.15. The van der Waals surface area contributed by atoms with Crippen molar-refractivity contribution >= 4 is 15.9 Å². The molecule has 0 aromatic heterocycles. The van der Waals surface area contributed by atoms with Crippen LogP contribution in [-0.2, 0) is 11.3 Å². The molecule has 0 bridgehead atoms. The normalized spacial score (nSPS) is 10.6. The van der Waals surface area contributed by atoms with E-state index in [4.69, 9.17) is 9.47 Å². The molecule has 0 spiro atoms. The number of rotatable bonds is 7. The molecule has 0 N–H and O–H groups in total. The Hall–Kier alpha value is -1.46. The van der Waals surface area contributed by atoms with Gasteiger partial charge in [0.25, 0.3) is 0 Å². The van der Waals surface area contributed by atoms with E-state index in [0.717, 1.165) is 11.6 Å². The number of halogens is 3. The first-order valence-corrected chi connectivity index (χ1v) is 7.35. The van der Waals surface area contributed by atoms with Gasteiger partial charge in [-0.25, -0.2) is 4.39 Å². The van der Waals surface area contributed by atoms with Gasteiger partial charge in [-0.2, -0.15) is 4.39 Å². The van der Waals surface area contributed by atoms with Crippen molar-refractivity contribution in [3.05, 3.63) is 64.1 Å². The van der Waals surface area contributed by atoms with E-state index in [-0.39, 0.29) is 12.4 Å². The Bertz CT molecular complexity index is 576. The highest BCUT2D eigenvalue weighted by Crippen LogP contribution is 2.25. The molecule has 0 heterocycles. The van der Waals surface area contributed by atoms with Gasteiger partial charge in [0, 0.05) is 10.9 Å². The van der Waals surface area contributed by atoms with Crippen LogP contribution in [0.4, 0.5) is 8.78 Å². The van der Waals surface area contributed by atoms with Gasteiger partial charge in [0.15, 0.2) is 11.6 Å². The van der Waals surface area contributed by atoms with E-state index in [9.17, 15) is 8.78 Å². The third-order valence-corrected chi connectivity index (χ3v) is 3.22. The number of benzene rings is 2. The van der Waals surface area contributed by atoms with Crippen molar-refractivity contribution in [2.45, 2.75) is 13.0 Å². The Kier molecular flexibility index (Phi) is 6.14. The van der Waals surface area contributed by atoms with Gasteiger partial charge in [0.2, 0.25) is 5.82 Å². The third kappa shape index (κ3) is 5.10. The maximum atomic E-state index is 13.4. The number of hydrogen-bond donors (Lipinski definition) is 0. The van der Waals surface area contributed by atoms with Crippen molar-refractivity contribution in [1.82, 2.24) is 0 Å². The summed E-state index contributed by atoms with van der Waals surface area (Å²) in [6, 6.07) is 12.3. The van der Waals surface area contributed by atoms with Crippen molar-refractivity contribution in [2.24, 2.45) is 0 Å². The lowest BCUT2D eigenvalue weighted by Gasteiger charge is -2.09. The molecule has 0 amide bonds. The first kappa shape index (κ1) is 15.9. The number of ether oxygens (including phenoxy) is 2. The lowest BCUT2D eigenvalue weighted by Crippen LogP contribution is -2.05. The summed E-state index contributed by atoms with van der Waals surface area (Å²) in [7, 11) is 0. The molecule has 0 saturated carbocycles. The summed E-state index contributed by atoms with van der Waals surface area (Å²) in [6.07, 6.45) is 0.598. The molecule has 0 aliphatic heterocycles. The molecule has 0 unspecified atom stereocenters. The Balaban J connectivity index is 1.68. The molecular weight excluding hydrogens is 342 g/mol. The summed E-state index contributed by atoms with van der Waals surface area (Å²) in [4.78, 5) is 0. The van der Waals surface area contributed by atoms with Gasteiger partial charge in [-0.15, -0.1) is 0 Å². The molecule has 2 rings (SSSR count). The minimum Gasteiger partial charge on any atom is -0.490 e. The zero-order chi connectivity index (χ0) is 15.1.